The van der Waals surface area contributed by atoms with Gasteiger partial charge in [0.25, 0.3) is 0 Å². The van der Waals surface area contributed by atoms with E-state index in [9.17, 15) is 0 Å². The molecule has 4 nitrogen and oxygen atoms in total. The molecule has 1 aliphatic rings. The van der Waals surface area contributed by atoms with Crippen molar-refractivity contribution in [3.05, 3.63) is 35.4 Å². The largest absolute Gasteiger partial charge is 0.409 e. The number of oxime groups is 1. The second kappa shape index (κ2) is 7.90. The van der Waals surface area contributed by atoms with Crippen molar-refractivity contribution < 1.29 is 5.21 Å². The van der Waals surface area contributed by atoms with Gasteiger partial charge in [0.15, 0.2) is 5.84 Å². The van der Waals surface area contributed by atoms with Gasteiger partial charge in [-0.05, 0) is 24.5 Å². The molecule has 1 saturated carbocycles. The van der Waals surface area contributed by atoms with Crippen molar-refractivity contribution in [2.24, 2.45) is 10.9 Å². The third-order valence-electron chi connectivity index (χ3n) is 4.03. The van der Waals surface area contributed by atoms with E-state index in [1.165, 1.54) is 50.5 Å². The Kier molecular flexibility index (Phi) is 5.87. The molecule has 0 unspecified atom stereocenters. The number of rotatable bonds is 4. The van der Waals surface area contributed by atoms with Crippen molar-refractivity contribution >= 4 is 5.84 Å². The van der Waals surface area contributed by atoms with Gasteiger partial charge in [-0.25, -0.2) is 0 Å². The summed E-state index contributed by atoms with van der Waals surface area (Å²) in [6, 6.07) is 8.48. The molecule has 0 bridgehead atoms. The molecule has 4 heteroatoms. The Morgan fingerprint density at radius 1 is 1.20 bits per heavy atom. The average Bonchev–Trinajstić information content (AvgIpc) is 2.45. The molecule has 1 aromatic carbocycles. The Balaban J connectivity index is 1.89. The van der Waals surface area contributed by atoms with Crippen LogP contribution in [0.25, 0.3) is 0 Å². The Labute approximate surface area is 121 Å². The van der Waals surface area contributed by atoms with Gasteiger partial charge in [-0.15, -0.1) is 0 Å². The van der Waals surface area contributed by atoms with Crippen LogP contribution in [-0.4, -0.2) is 17.1 Å². The fraction of sp³-hybridized carbons (Fsp3) is 0.562. The van der Waals surface area contributed by atoms with Crippen molar-refractivity contribution in [3.8, 4) is 0 Å². The van der Waals surface area contributed by atoms with Crippen molar-refractivity contribution in [1.82, 2.24) is 5.32 Å². The van der Waals surface area contributed by atoms with Crippen LogP contribution in [-0.2, 0) is 6.54 Å². The number of amidine groups is 1. The standard InChI is InChI=1S/C16H25N3O/c17-16(19-20)14-8-6-7-13(11-14)12-18-15-9-4-2-1-3-5-10-15/h6-8,11,15,18,20H,1-5,9-10,12H2,(H2,17,19). The first-order valence-corrected chi connectivity index (χ1v) is 7.60. The lowest BCUT2D eigenvalue weighted by atomic mass is 9.96. The van der Waals surface area contributed by atoms with E-state index in [4.69, 9.17) is 10.9 Å². The van der Waals surface area contributed by atoms with E-state index in [2.05, 4.69) is 16.5 Å². The lowest BCUT2D eigenvalue weighted by Crippen LogP contribution is -2.29. The van der Waals surface area contributed by atoms with E-state index in [-0.39, 0.29) is 5.84 Å². The molecular formula is C16H25N3O. The first-order chi connectivity index (χ1) is 9.79. The number of hydrogen-bond donors (Lipinski definition) is 3. The zero-order chi connectivity index (χ0) is 14.2. The number of nitrogens with two attached hydrogens (primary N) is 1. The minimum Gasteiger partial charge on any atom is -0.409 e. The first-order valence-electron chi connectivity index (χ1n) is 7.60. The van der Waals surface area contributed by atoms with Gasteiger partial charge in [0.1, 0.15) is 0 Å². The molecule has 0 heterocycles. The molecule has 1 aromatic rings. The number of nitrogens with zero attached hydrogens (tertiary/aromatic N) is 1. The van der Waals surface area contributed by atoms with Crippen LogP contribution in [0.4, 0.5) is 0 Å². The molecule has 0 aromatic heterocycles. The second-order valence-corrected chi connectivity index (χ2v) is 5.61. The van der Waals surface area contributed by atoms with Crippen LogP contribution in [0.2, 0.25) is 0 Å². The van der Waals surface area contributed by atoms with Crippen LogP contribution in [0.5, 0.6) is 0 Å². The molecule has 110 valence electrons. The van der Waals surface area contributed by atoms with Crippen molar-refractivity contribution in [3.63, 3.8) is 0 Å². The smallest absolute Gasteiger partial charge is 0.170 e. The summed E-state index contributed by atoms with van der Waals surface area (Å²) in [6.07, 6.45) is 9.37. The Hall–Kier alpha value is -1.55. The van der Waals surface area contributed by atoms with Gasteiger partial charge in [-0.2, -0.15) is 0 Å². The number of nitrogens with one attached hydrogen (secondary N) is 1. The molecule has 0 amide bonds. The molecule has 4 N–H and O–H groups in total. The topological polar surface area (TPSA) is 70.6 Å². The highest BCUT2D eigenvalue weighted by Crippen LogP contribution is 2.17. The van der Waals surface area contributed by atoms with Gasteiger partial charge in [0.05, 0.1) is 0 Å². The molecule has 2 rings (SSSR count). The highest BCUT2D eigenvalue weighted by molar-refractivity contribution is 5.97. The second-order valence-electron chi connectivity index (χ2n) is 5.61. The third kappa shape index (κ3) is 4.53. The molecule has 20 heavy (non-hydrogen) atoms. The summed E-state index contributed by atoms with van der Waals surface area (Å²) in [5, 5.41) is 15.4. The fourth-order valence-electron chi connectivity index (χ4n) is 2.82. The van der Waals surface area contributed by atoms with Gasteiger partial charge in [-0.3, -0.25) is 0 Å². The highest BCUT2D eigenvalue weighted by Gasteiger charge is 2.10. The van der Waals surface area contributed by atoms with E-state index >= 15 is 0 Å². The maximum Gasteiger partial charge on any atom is 0.170 e. The van der Waals surface area contributed by atoms with E-state index in [1.807, 2.05) is 18.2 Å². The molecule has 1 fully saturated rings. The van der Waals surface area contributed by atoms with Crippen LogP contribution in [0.3, 0.4) is 0 Å². The Morgan fingerprint density at radius 2 is 1.90 bits per heavy atom. The quantitative estimate of drug-likeness (QED) is 0.342. The zero-order valence-corrected chi connectivity index (χ0v) is 12.0. The van der Waals surface area contributed by atoms with E-state index in [0.29, 0.717) is 6.04 Å². The van der Waals surface area contributed by atoms with E-state index in [1.54, 1.807) is 0 Å². The van der Waals surface area contributed by atoms with Gasteiger partial charge < -0.3 is 16.3 Å². The van der Waals surface area contributed by atoms with Crippen LogP contribution < -0.4 is 11.1 Å². The lowest BCUT2D eigenvalue weighted by Gasteiger charge is -2.21. The summed E-state index contributed by atoms with van der Waals surface area (Å²) < 4.78 is 0. The first kappa shape index (κ1) is 14.9. The monoisotopic (exact) mass is 275 g/mol. The van der Waals surface area contributed by atoms with E-state index < -0.39 is 0 Å². The Bertz CT molecular complexity index is 437. The van der Waals surface area contributed by atoms with Crippen molar-refractivity contribution in [2.75, 3.05) is 0 Å². The zero-order valence-electron chi connectivity index (χ0n) is 12.0. The minimum atomic E-state index is 0.165. The van der Waals surface area contributed by atoms with Gasteiger partial charge in [0.2, 0.25) is 0 Å². The van der Waals surface area contributed by atoms with Crippen LogP contribution >= 0.6 is 0 Å². The normalized spacial score (nSPS) is 18.5. The average molecular weight is 275 g/mol. The van der Waals surface area contributed by atoms with Gasteiger partial charge in [0, 0.05) is 18.2 Å². The van der Waals surface area contributed by atoms with Gasteiger partial charge in [-0.1, -0.05) is 55.5 Å². The molecule has 0 radical (unpaired) electrons. The number of benzene rings is 1. The molecule has 0 aliphatic heterocycles. The molecule has 0 atom stereocenters. The number of hydrogen-bond acceptors (Lipinski definition) is 3. The van der Waals surface area contributed by atoms with Crippen molar-refractivity contribution in [1.29, 1.82) is 0 Å². The molecule has 1 aliphatic carbocycles. The molecule has 0 spiro atoms. The van der Waals surface area contributed by atoms with Crippen LogP contribution in [0.1, 0.15) is 56.1 Å². The summed E-state index contributed by atoms with van der Waals surface area (Å²) in [6.45, 7) is 0.844. The summed E-state index contributed by atoms with van der Waals surface area (Å²) in [5.41, 5.74) is 7.56. The summed E-state index contributed by atoms with van der Waals surface area (Å²) in [7, 11) is 0. The van der Waals surface area contributed by atoms with Gasteiger partial charge >= 0.3 is 0 Å². The Morgan fingerprint density at radius 3 is 2.60 bits per heavy atom. The summed E-state index contributed by atoms with van der Waals surface area (Å²) >= 11 is 0. The highest BCUT2D eigenvalue weighted by atomic mass is 16.4. The van der Waals surface area contributed by atoms with Crippen molar-refractivity contribution in [2.45, 2.75) is 57.5 Å². The van der Waals surface area contributed by atoms with E-state index in [0.717, 1.165) is 12.1 Å². The predicted octanol–water partition coefficient (Wildman–Crippen LogP) is 2.98. The maximum absolute atomic E-state index is 8.72. The predicted molar refractivity (Wildman–Crippen MR) is 81.9 cm³/mol. The molecule has 0 saturated heterocycles. The van der Waals surface area contributed by atoms with Crippen LogP contribution in [0, 0.1) is 0 Å². The SMILES string of the molecule is NC(=NO)c1cccc(CNC2CCCCCCC2)c1. The maximum atomic E-state index is 8.72. The minimum absolute atomic E-state index is 0.165. The summed E-state index contributed by atoms with van der Waals surface area (Å²) in [5.74, 6) is 0.165. The summed E-state index contributed by atoms with van der Waals surface area (Å²) in [4.78, 5) is 0. The fourth-order valence-corrected chi connectivity index (χ4v) is 2.82. The van der Waals surface area contributed by atoms with Crippen LogP contribution in [0.15, 0.2) is 29.4 Å². The lowest BCUT2D eigenvalue weighted by molar-refractivity contribution is 0.318. The third-order valence-corrected chi connectivity index (χ3v) is 4.03. The molecular weight excluding hydrogens is 250 g/mol.